The van der Waals surface area contributed by atoms with Crippen molar-refractivity contribution in [1.29, 1.82) is 0 Å². The number of benzene rings is 1. The molecule has 3 aromatic heterocycles. The van der Waals surface area contributed by atoms with Crippen molar-refractivity contribution in [3.8, 4) is 17.3 Å². The molecule has 0 atom stereocenters. The van der Waals surface area contributed by atoms with Crippen LogP contribution in [0, 0.1) is 27.7 Å². The van der Waals surface area contributed by atoms with Gasteiger partial charge in [0, 0.05) is 29.2 Å². The molecule has 4 aromatic rings. The Morgan fingerprint density at radius 1 is 1.00 bits per heavy atom. The number of methoxy groups -OCH3 is 2. The first-order chi connectivity index (χ1) is 15.8. The van der Waals surface area contributed by atoms with Crippen LogP contribution in [0.15, 0.2) is 36.4 Å². The second-order valence-corrected chi connectivity index (χ2v) is 8.17. The standard InChI is InChI=1S/C25H29N5O3/c1-15-11-16(2)27-24-23(15)25(30-17(3)7-8-18(30)4)28-29(24)14-22(31)26-13-19-12-20(32-5)9-10-21(19)33-6/h7-12H,13-14H2,1-6H3,(H,26,31). The predicted octanol–water partition coefficient (Wildman–Crippen LogP) is 3.79. The summed E-state index contributed by atoms with van der Waals surface area (Å²) in [5.74, 6) is 2.01. The first kappa shape index (κ1) is 22.4. The first-order valence-corrected chi connectivity index (χ1v) is 10.8. The number of carbonyl (C=O) groups excluding carboxylic acids is 1. The van der Waals surface area contributed by atoms with Gasteiger partial charge in [-0.05, 0) is 69.7 Å². The Bertz CT molecular complexity index is 1320. The Hall–Kier alpha value is -3.81. The van der Waals surface area contributed by atoms with Gasteiger partial charge in [-0.1, -0.05) is 0 Å². The van der Waals surface area contributed by atoms with Gasteiger partial charge in [-0.15, -0.1) is 0 Å². The molecule has 0 saturated heterocycles. The summed E-state index contributed by atoms with van der Waals surface area (Å²) in [7, 11) is 3.21. The summed E-state index contributed by atoms with van der Waals surface area (Å²) >= 11 is 0. The number of nitrogens with zero attached hydrogens (tertiary/aromatic N) is 4. The maximum atomic E-state index is 12.9. The van der Waals surface area contributed by atoms with E-state index in [0.717, 1.165) is 39.4 Å². The number of amides is 1. The summed E-state index contributed by atoms with van der Waals surface area (Å²) in [5, 5.41) is 8.74. The summed E-state index contributed by atoms with van der Waals surface area (Å²) < 4.78 is 14.5. The molecule has 0 aliphatic heterocycles. The molecule has 1 aromatic carbocycles. The zero-order chi connectivity index (χ0) is 23.7. The van der Waals surface area contributed by atoms with E-state index in [1.165, 1.54) is 0 Å². The number of carbonyl (C=O) groups is 1. The van der Waals surface area contributed by atoms with Crippen LogP contribution in [0.3, 0.4) is 0 Å². The van der Waals surface area contributed by atoms with E-state index in [2.05, 4.69) is 28.9 Å². The molecule has 1 N–H and O–H groups in total. The van der Waals surface area contributed by atoms with Crippen molar-refractivity contribution >= 4 is 16.9 Å². The van der Waals surface area contributed by atoms with Crippen LogP contribution in [0.5, 0.6) is 11.5 Å². The third-order valence-electron chi connectivity index (χ3n) is 5.75. The van der Waals surface area contributed by atoms with Crippen LogP contribution in [-0.2, 0) is 17.9 Å². The molecular formula is C25H29N5O3. The quantitative estimate of drug-likeness (QED) is 0.466. The molecule has 33 heavy (non-hydrogen) atoms. The van der Waals surface area contributed by atoms with E-state index in [-0.39, 0.29) is 12.5 Å². The van der Waals surface area contributed by atoms with Gasteiger partial charge in [-0.3, -0.25) is 4.79 Å². The lowest BCUT2D eigenvalue weighted by molar-refractivity contribution is -0.121. The average Bonchev–Trinajstić information content (AvgIpc) is 3.30. The van der Waals surface area contributed by atoms with E-state index >= 15 is 0 Å². The second-order valence-electron chi connectivity index (χ2n) is 8.17. The van der Waals surface area contributed by atoms with Gasteiger partial charge in [0.1, 0.15) is 18.0 Å². The van der Waals surface area contributed by atoms with Crippen molar-refractivity contribution in [2.24, 2.45) is 0 Å². The number of rotatable bonds is 7. The highest BCUT2D eigenvalue weighted by Gasteiger charge is 2.20. The van der Waals surface area contributed by atoms with E-state index in [1.54, 1.807) is 18.9 Å². The smallest absolute Gasteiger partial charge is 0.242 e. The molecule has 0 radical (unpaired) electrons. The zero-order valence-corrected chi connectivity index (χ0v) is 19.9. The largest absolute Gasteiger partial charge is 0.497 e. The number of ether oxygens (including phenoxy) is 2. The highest BCUT2D eigenvalue weighted by atomic mass is 16.5. The van der Waals surface area contributed by atoms with Crippen molar-refractivity contribution in [3.05, 3.63) is 64.6 Å². The van der Waals surface area contributed by atoms with Crippen molar-refractivity contribution in [2.75, 3.05) is 14.2 Å². The van der Waals surface area contributed by atoms with Gasteiger partial charge in [-0.25, -0.2) is 9.67 Å². The maximum absolute atomic E-state index is 12.9. The van der Waals surface area contributed by atoms with Crippen LogP contribution < -0.4 is 14.8 Å². The number of fused-ring (bicyclic) bond motifs is 1. The fourth-order valence-corrected chi connectivity index (χ4v) is 4.17. The highest BCUT2D eigenvalue weighted by molar-refractivity contribution is 5.88. The second kappa shape index (κ2) is 8.97. The van der Waals surface area contributed by atoms with Crippen LogP contribution in [0.25, 0.3) is 16.9 Å². The van der Waals surface area contributed by atoms with Gasteiger partial charge in [0.2, 0.25) is 5.91 Å². The molecule has 0 unspecified atom stereocenters. The molecule has 8 heteroatoms. The van der Waals surface area contributed by atoms with Crippen LogP contribution in [-0.4, -0.2) is 39.5 Å². The molecule has 1 amide bonds. The molecule has 0 aliphatic rings. The Kier molecular flexibility index (Phi) is 6.09. The summed E-state index contributed by atoms with van der Waals surface area (Å²) in [4.78, 5) is 17.6. The minimum absolute atomic E-state index is 0.0536. The summed E-state index contributed by atoms with van der Waals surface area (Å²) in [6.07, 6.45) is 0. The predicted molar refractivity (Wildman–Crippen MR) is 127 cm³/mol. The van der Waals surface area contributed by atoms with E-state index in [1.807, 2.05) is 45.0 Å². The van der Waals surface area contributed by atoms with E-state index < -0.39 is 0 Å². The third-order valence-corrected chi connectivity index (χ3v) is 5.75. The molecule has 0 bridgehead atoms. The molecule has 0 saturated carbocycles. The number of aromatic nitrogens is 4. The minimum atomic E-state index is -0.169. The van der Waals surface area contributed by atoms with E-state index in [0.29, 0.717) is 23.7 Å². The van der Waals surface area contributed by atoms with E-state index in [9.17, 15) is 4.79 Å². The topological polar surface area (TPSA) is 83.2 Å². The number of nitrogens with one attached hydrogen (secondary N) is 1. The Labute approximate surface area is 193 Å². The lowest BCUT2D eigenvalue weighted by Crippen LogP contribution is -2.28. The third kappa shape index (κ3) is 4.28. The first-order valence-electron chi connectivity index (χ1n) is 10.8. The SMILES string of the molecule is COc1ccc(OC)c(CNC(=O)Cn2nc(-n3c(C)ccc3C)c3c(C)cc(C)nc32)c1. The molecular weight excluding hydrogens is 418 g/mol. The maximum Gasteiger partial charge on any atom is 0.242 e. The monoisotopic (exact) mass is 447 g/mol. The normalized spacial score (nSPS) is 11.1. The Morgan fingerprint density at radius 2 is 1.73 bits per heavy atom. The molecule has 0 aliphatic carbocycles. The van der Waals surface area contributed by atoms with Gasteiger partial charge in [0.05, 0.1) is 19.6 Å². The highest BCUT2D eigenvalue weighted by Crippen LogP contribution is 2.28. The fourth-order valence-electron chi connectivity index (χ4n) is 4.17. The van der Waals surface area contributed by atoms with Gasteiger partial charge in [-0.2, -0.15) is 5.10 Å². The molecule has 172 valence electrons. The fraction of sp³-hybridized carbons (Fsp3) is 0.320. The van der Waals surface area contributed by atoms with Gasteiger partial charge >= 0.3 is 0 Å². The van der Waals surface area contributed by atoms with Gasteiger partial charge in [0.25, 0.3) is 0 Å². The zero-order valence-electron chi connectivity index (χ0n) is 19.9. The summed E-state index contributed by atoms with van der Waals surface area (Å²) in [6.45, 7) is 8.46. The molecule has 0 spiro atoms. The van der Waals surface area contributed by atoms with Crippen LogP contribution in [0.2, 0.25) is 0 Å². The lowest BCUT2D eigenvalue weighted by atomic mass is 10.1. The number of aryl methyl sites for hydroxylation is 4. The van der Waals surface area contributed by atoms with Gasteiger partial charge < -0.3 is 19.4 Å². The molecule has 4 rings (SSSR count). The number of hydrogen-bond donors (Lipinski definition) is 1. The van der Waals surface area contributed by atoms with E-state index in [4.69, 9.17) is 19.6 Å². The molecule has 3 heterocycles. The van der Waals surface area contributed by atoms with Crippen LogP contribution in [0.4, 0.5) is 0 Å². The minimum Gasteiger partial charge on any atom is -0.497 e. The van der Waals surface area contributed by atoms with Crippen molar-refractivity contribution in [3.63, 3.8) is 0 Å². The van der Waals surface area contributed by atoms with Crippen molar-refractivity contribution < 1.29 is 14.3 Å². The molecule has 0 fully saturated rings. The average molecular weight is 448 g/mol. The van der Waals surface area contributed by atoms with Gasteiger partial charge in [0.15, 0.2) is 11.5 Å². The van der Waals surface area contributed by atoms with Crippen LogP contribution >= 0.6 is 0 Å². The number of hydrogen-bond acceptors (Lipinski definition) is 5. The Morgan fingerprint density at radius 3 is 2.39 bits per heavy atom. The summed E-state index contributed by atoms with van der Waals surface area (Å²) in [6, 6.07) is 11.7. The van der Waals surface area contributed by atoms with Crippen molar-refractivity contribution in [1.82, 2.24) is 24.6 Å². The summed E-state index contributed by atoms with van der Waals surface area (Å²) in [5.41, 5.74) is 5.65. The lowest BCUT2D eigenvalue weighted by Gasteiger charge is -2.11. The van der Waals surface area contributed by atoms with Crippen LogP contribution in [0.1, 0.15) is 28.2 Å². The molecule has 8 nitrogen and oxygen atoms in total. The van der Waals surface area contributed by atoms with Crippen molar-refractivity contribution in [2.45, 2.75) is 40.8 Å². The Balaban J connectivity index is 1.65. The number of pyridine rings is 1.